The molecule has 0 bridgehead atoms. The number of hydrogen-bond acceptors (Lipinski definition) is 6. The fourth-order valence-electron chi connectivity index (χ4n) is 6.40. The summed E-state index contributed by atoms with van der Waals surface area (Å²) in [6, 6.07) is 41.5. The Labute approximate surface area is 257 Å². The van der Waals surface area contributed by atoms with E-state index in [0.29, 0.717) is 13.2 Å². The predicted octanol–water partition coefficient (Wildman–Crippen LogP) is 8.06. The van der Waals surface area contributed by atoms with Crippen molar-refractivity contribution in [1.82, 2.24) is 9.97 Å². The van der Waals surface area contributed by atoms with Crippen LogP contribution in [0.2, 0.25) is 0 Å². The van der Waals surface area contributed by atoms with E-state index in [2.05, 4.69) is 72.8 Å². The third-order valence-corrected chi connectivity index (χ3v) is 8.88. The van der Waals surface area contributed by atoms with Gasteiger partial charge in [0.15, 0.2) is 0 Å². The molecule has 0 amide bonds. The molecule has 0 radical (unpaired) electrons. The third-order valence-electron chi connectivity index (χ3n) is 8.88. The van der Waals surface area contributed by atoms with E-state index in [1.807, 2.05) is 48.5 Å². The van der Waals surface area contributed by atoms with E-state index >= 15 is 0 Å². The Balaban J connectivity index is 1.06. The molecule has 1 fully saturated rings. The zero-order chi connectivity index (χ0) is 29.8. The summed E-state index contributed by atoms with van der Waals surface area (Å²) >= 11 is 0. The highest BCUT2D eigenvalue weighted by molar-refractivity contribution is 5.79. The molecule has 0 saturated heterocycles. The average Bonchev–Trinajstić information content (AvgIpc) is 3.10. The van der Waals surface area contributed by atoms with Gasteiger partial charge in [0.05, 0.1) is 28.5 Å². The van der Waals surface area contributed by atoms with Crippen molar-refractivity contribution in [2.24, 2.45) is 5.90 Å². The van der Waals surface area contributed by atoms with Crippen LogP contribution in [0.1, 0.15) is 48.2 Å². The standard InChI is InChI=1S/C38H35N3O3/c39-44-35-21-23-38(24-22-35,29-11-17-33(18-12-29)42-25-31-15-9-27-5-1-3-7-36(27)40-31)30-13-19-34(20-14-30)43-26-32-16-10-28-6-2-4-8-37(28)41-32/h1-20,35H,21-26,39H2. The number of nitrogens with zero attached hydrogens (tertiary/aromatic N) is 2. The minimum absolute atomic E-state index is 0.0808. The normalized spacial score (nSPS) is 14.9. The van der Waals surface area contributed by atoms with Crippen molar-refractivity contribution in [2.45, 2.75) is 50.4 Å². The molecule has 1 saturated carbocycles. The molecular formula is C38H35N3O3. The molecule has 1 aliphatic rings. The Bertz CT molecular complexity index is 1740. The van der Waals surface area contributed by atoms with Gasteiger partial charge in [-0.25, -0.2) is 15.9 Å². The maximum atomic E-state index is 6.14. The molecule has 4 aromatic carbocycles. The first-order valence-corrected chi connectivity index (χ1v) is 15.2. The van der Waals surface area contributed by atoms with Gasteiger partial charge in [-0.1, -0.05) is 72.8 Å². The van der Waals surface area contributed by atoms with Gasteiger partial charge in [-0.15, -0.1) is 0 Å². The van der Waals surface area contributed by atoms with E-state index in [0.717, 1.165) is 70.4 Å². The zero-order valence-corrected chi connectivity index (χ0v) is 24.6. The lowest BCUT2D eigenvalue weighted by molar-refractivity contribution is 0.0160. The Hall–Kier alpha value is -4.78. The van der Waals surface area contributed by atoms with Crippen LogP contribution in [0.5, 0.6) is 11.5 Å². The summed E-state index contributed by atoms with van der Waals surface area (Å²) in [5.41, 5.74) is 6.14. The molecule has 0 unspecified atom stereocenters. The quantitative estimate of drug-likeness (QED) is 0.174. The smallest absolute Gasteiger partial charge is 0.130 e. The second-order valence-corrected chi connectivity index (χ2v) is 11.5. The molecule has 2 N–H and O–H groups in total. The lowest BCUT2D eigenvalue weighted by Crippen LogP contribution is -2.36. The SMILES string of the molecule is NOC1CCC(c2ccc(OCc3ccc4ccccc4n3)cc2)(c2ccc(OCc3ccc4ccccc4n3)cc2)CC1. The monoisotopic (exact) mass is 581 g/mol. The highest BCUT2D eigenvalue weighted by atomic mass is 16.6. The minimum Gasteiger partial charge on any atom is -0.487 e. The molecule has 6 nitrogen and oxygen atoms in total. The molecule has 2 heterocycles. The number of nitrogens with two attached hydrogens (primary N) is 1. The Morgan fingerprint density at radius 3 is 1.48 bits per heavy atom. The number of hydrogen-bond donors (Lipinski definition) is 1. The van der Waals surface area contributed by atoms with Crippen LogP contribution in [-0.2, 0) is 23.5 Å². The first-order chi connectivity index (χ1) is 21.7. The van der Waals surface area contributed by atoms with Gasteiger partial charge in [0.1, 0.15) is 24.7 Å². The van der Waals surface area contributed by atoms with Gasteiger partial charge in [0, 0.05) is 16.2 Å². The third kappa shape index (κ3) is 5.87. The molecule has 2 aromatic heterocycles. The molecule has 0 spiro atoms. The van der Waals surface area contributed by atoms with E-state index in [1.165, 1.54) is 11.1 Å². The summed E-state index contributed by atoms with van der Waals surface area (Å²) in [5, 5.41) is 2.25. The summed E-state index contributed by atoms with van der Waals surface area (Å²) in [7, 11) is 0. The van der Waals surface area contributed by atoms with Crippen LogP contribution < -0.4 is 15.4 Å². The fourth-order valence-corrected chi connectivity index (χ4v) is 6.40. The maximum Gasteiger partial charge on any atom is 0.130 e. The number of rotatable bonds is 9. The van der Waals surface area contributed by atoms with Gasteiger partial charge in [-0.05, 0) is 85.3 Å². The van der Waals surface area contributed by atoms with Crippen molar-refractivity contribution in [2.75, 3.05) is 0 Å². The minimum atomic E-state index is -0.147. The Morgan fingerprint density at radius 1 is 0.568 bits per heavy atom. The number of fused-ring (bicyclic) bond motifs is 2. The molecule has 6 heteroatoms. The van der Waals surface area contributed by atoms with Crippen molar-refractivity contribution in [3.63, 3.8) is 0 Å². The number of para-hydroxylation sites is 2. The summed E-state index contributed by atoms with van der Waals surface area (Å²) in [6.07, 6.45) is 3.76. The average molecular weight is 582 g/mol. The Morgan fingerprint density at radius 2 is 1.02 bits per heavy atom. The first-order valence-electron chi connectivity index (χ1n) is 15.2. The van der Waals surface area contributed by atoms with E-state index in [9.17, 15) is 0 Å². The number of ether oxygens (including phenoxy) is 2. The lowest BCUT2D eigenvalue weighted by atomic mass is 9.65. The molecule has 1 aliphatic carbocycles. The molecular weight excluding hydrogens is 546 g/mol. The van der Waals surface area contributed by atoms with Crippen molar-refractivity contribution in [1.29, 1.82) is 0 Å². The van der Waals surface area contributed by atoms with Crippen LogP contribution in [0, 0.1) is 0 Å². The highest BCUT2D eigenvalue weighted by Crippen LogP contribution is 2.46. The topological polar surface area (TPSA) is 79.5 Å². The van der Waals surface area contributed by atoms with Gasteiger partial charge in [-0.3, -0.25) is 0 Å². The van der Waals surface area contributed by atoms with E-state index in [1.54, 1.807) is 0 Å². The van der Waals surface area contributed by atoms with Gasteiger partial charge in [0.25, 0.3) is 0 Å². The summed E-state index contributed by atoms with van der Waals surface area (Å²) in [6.45, 7) is 0.835. The van der Waals surface area contributed by atoms with E-state index in [-0.39, 0.29) is 11.5 Å². The molecule has 6 aromatic rings. The first kappa shape index (κ1) is 28.0. The molecule has 0 atom stereocenters. The van der Waals surface area contributed by atoms with E-state index < -0.39 is 0 Å². The van der Waals surface area contributed by atoms with Gasteiger partial charge >= 0.3 is 0 Å². The number of pyridine rings is 2. The molecule has 44 heavy (non-hydrogen) atoms. The summed E-state index contributed by atoms with van der Waals surface area (Å²) in [4.78, 5) is 14.7. The van der Waals surface area contributed by atoms with Crippen molar-refractivity contribution in [3.8, 4) is 11.5 Å². The second kappa shape index (κ2) is 12.4. The number of benzene rings is 4. The van der Waals surface area contributed by atoms with Crippen molar-refractivity contribution < 1.29 is 14.3 Å². The van der Waals surface area contributed by atoms with Crippen LogP contribution in [0.25, 0.3) is 21.8 Å². The Kier molecular flexibility index (Phi) is 7.93. The van der Waals surface area contributed by atoms with Crippen molar-refractivity contribution >= 4 is 21.8 Å². The van der Waals surface area contributed by atoms with Gasteiger partial charge < -0.3 is 14.3 Å². The predicted molar refractivity (Wildman–Crippen MR) is 173 cm³/mol. The summed E-state index contributed by atoms with van der Waals surface area (Å²) < 4.78 is 12.3. The van der Waals surface area contributed by atoms with Crippen LogP contribution in [0.15, 0.2) is 121 Å². The lowest BCUT2D eigenvalue weighted by Gasteiger charge is -2.41. The number of aromatic nitrogens is 2. The van der Waals surface area contributed by atoms with Crippen LogP contribution >= 0.6 is 0 Å². The van der Waals surface area contributed by atoms with Crippen LogP contribution in [-0.4, -0.2) is 16.1 Å². The van der Waals surface area contributed by atoms with Crippen molar-refractivity contribution in [3.05, 3.63) is 144 Å². The van der Waals surface area contributed by atoms with Gasteiger partial charge in [0.2, 0.25) is 0 Å². The maximum absolute atomic E-state index is 6.14. The highest BCUT2D eigenvalue weighted by Gasteiger charge is 2.38. The van der Waals surface area contributed by atoms with Crippen LogP contribution in [0.4, 0.5) is 0 Å². The molecule has 220 valence electrons. The van der Waals surface area contributed by atoms with Gasteiger partial charge in [-0.2, -0.15) is 0 Å². The largest absolute Gasteiger partial charge is 0.487 e. The van der Waals surface area contributed by atoms with Crippen LogP contribution in [0.3, 0.4) is 0 Å². The second-order valence-electron chi connectivity index (χ2n) is 11.5. The summed E-state index contributed by atoms with van der Waals surface area (Å²) in [5.74, 6) is 7.24. The zero-order valence-electron chi connectivity index (χ0n) is 24.6. The van der Waals surface area contributed by atoms with E-state index in [4.69, 9.17) is 30.2 Å². The fraction of sp³-hybridized carbons (Fsp3) is 0.211. The molecule has 0 aliphatic heterocycles. The molecule has 7 rings (SSSR count).